The number of nitrogens with one attached hydrogen (secondary N) is 1. The second kappa shape index (κ2) is 6.38. The van der Waals surface area contributed by atoms with Crippen LogP contribution in [0.4, 0.5) is 13.2 Å². The van der Waals surface area contributed by atoms with Crippen molar-refractivity contribution in [2.45, 2.75) is 32.4 Å². The fourth-order valence-electron chi connectivity index (χ4n) is 3.04. The molecule has 2 heterocycles. The number of alkyl halides is 3. The van der Waals surface area contributed by atoms with Gasteiger partial charge in [-0.25, -0.2) is 4.98 Å². The van der Waals surface area contributed by atoms with Gasteiger partial charge in [-0.05, 0) is 36.6 Å². The average Bonchev–Trinajstić information content (AvgIpc) is 3.17. The summed E-state index contributed by atoms with van der Waals surface area (Å²) in [4.78, 5) is 7.17. The summed E-state index contributed by atoms with van der Waals surface area (Å²) >= 11 is 0. The first-order valence-corrected chi connectivity index (χ1v) is 7.92. The monoisotopic (exact) mass is 348 g/mol. The molecule has 0 amide bonds. The number of imidazole rings is 1. The maximum atomic E-state index is 12.9. The first-order chi connectivity index (χ1) is 11.8. The van der Waals surface area contributed by atoms with Gasteiger partial charge in [0, 0.05) is 37.0 Å². The first-order valence-electron chi connectivity index (χ1n) is 7.92. The highest BCUT2D eigenvalue weighted by Crippen LogP contribution is 2.33. The quantitative estimate of drug-likeness (QED) is 0.770. The van der Waals surface area contributed by atoms with E-state index in [9.17, 15) is 13.2 Å². The van der Waals surface area contributed by atoms with Crippen molar-refractivity contribution in [3.8, 4) is 0 Å². The Bertz CT molecular complexity index is 863. The van der Waals surface area contributed by atoms with E-state index < -0.39 is 11.9 Å². The van der Waals surface area contributed by atoms with E-state index in [1.807, 2.05) is 32.0 Å². The molecule has 0 saturated carbocycles. The molecule has 0 aliphatic rings. The Morgan fingerprint density at radius 2 is 2.00 bits per heavy atom. The Balaban J connectivity index is 2.03. The van der Waals surface area contributed by atoms with E-state index in [1.54, 1.807) is 12.5 Å². The number of aryl methyl sites for hydroxylation is 2. The van der Waals surface area contributed by atoms with Crippen LogP contribution in [-0.4, -0.2) is 19.7 Å². The summed E-state index contributed by atoms with van der Waals surface area (Å²) in [5.74, 6) is -0.126. The number of aromatic nitrogens is 4. The number of benzene rings is 1. The number of nitrogens with zero attached hydrogens (tertiary/aromatic N) is 3. The molecule has 0 spiro atoms. The molecule has 4 nitrogen and oxygen atoms in total. The molecule has 0 saturated heterocycles. The van der Waals surface area contributed by atoms with Crippen LogP contribution in [0.2, 0.25) is 0 Å². The summed E-state index contributed by atoms with van der Waals surface area (Å²) in [6.45, 7) is 4.05. The van der Waals surface area contributed by atoms with Gasteiger partial charge in [0.15, 0.2) is 5.69 Å². The molecule has 3 aromatic rings. The van der Waals surface area contributed by atoms with Gasteiger partial charge in [0.1, 0.15) is 0 Å². The molecule has 1 unspecified atom stereocenters. The minimum absolute atomic E-state index is 0.126. The minimum atomic E-state index is -4.45. The topological polar surface area (TPSA) is 46.5 Å². The van der Waals surface area contributed by atoms with Crippen molar-refractivity contribution in [2.75, 3.05) is 0 Å². The molecule has 1 aromatic carbocycles. The van der Waals surface area contributed by atoms with Crippen LogP contribution in [0.5, 0.6) is 0 Å². The maximum absolute atomic E-state index is 12.9. The molecule has 3 rings (SSSR count). The van der Waals surface area contributed by atoms with Crippen LogP contribution in [0.25, 0.3) is 0 Å². The maximum Gasteiger partial charge on any atom is 0.435 e. The summed E-state index contributed by atoms with van der Waals surface area (Å²) in [6.07, 6.45) is -0.754. The second-order valence-corrected chi connectivity index (χ2v) is 6.20. The van der Waals surface area contributed by atoms with Crippen LogP contribution in [-0.2, 0) is 19.6 Å². The fraction of sp³-hybridized carbons (Fsp3) is 0.333. The van der Waals surface area contributed by atoms with Crippen LogP contribution in [0, 0.1) is 13.8 Å². The third-order valence-corrected chi connectivity index (χ3v) is 4.60. The minimum Gasteiger partial charge on any atom is -0.348 e. The van der Waals surface area contributed by atoms with E-state index >= 15 is 0 Å². The second-order valence-electron chi connectivity index (χ2n) is 6.20. The van der Waals surface area contributed by atoms with Crippen LogP contribution >= 0.6 is 0 Å². The number of aromatic amines is 1. The van der Waals surface area contributed by atoms with Gasteiger partial charge in [0.25, 0.3) is 0 Å². The summed E-state index contributed by atoms with van der Waals surface area (Å²) in [5, 5.41) is 3.62. The predicted octanol–water partition coefficient (Wildman–Crippen LogP) is 4.15. The normalized spacial score (nSPS) is 13.2. The van der Waals surface area contributed by atoms with Gasteiger partial charge in [-0.1, -0.05) is 18.2 Å². The van der Waals surface area contributed by atoms with E-state index in [4.69, 9.17) is 0 Å². The van der Waals surface area contributed by atoms with Crippen molar-refractivity contribution >= 4 is 0 Å². The van der Waals surface area contributed by atoms with E-state index in [0.29, 0.717) is 12.1 Å². The van der Waals surface area contributed by atoms with E-state index in [2.05, 4.69) is 15.1 Å². The highest BCUT2D eigenvalue weighted by atomic mass is 19.4. The van der Waals surface area contributed by atoms with Crippen molar-refractivity contribution in [1.29, 1.82) is 0 Å². The number of halogens is 3. The predicted molar refractivity (Wildman–Crippen MR) is 88.3 cm³/mol. The number of rotatable bonds is 4. The van der Waals surface area contributed by atoms with Crippen molar-refractivity contribution in [3.63, 3.8) is 0 Å². The Kier molecular flexibility index (Phi) is 4.41. The van der Waals surface area contributed by atoms with Gasteiger partial charge >= 0.3 is 6.18 Å². The molecule has 7 heteroatoms. The average molecular weight is 348 g/mol. The van der Waals surface area contributed by atoms with Gasteiger partial charge in [0.2, 0.25) is 0 Å². The van der Waals surface area contributed by atoms with E-state index in [1.165, 1.54) is 11.7 Å². The first kappa shape index (κ1) is 17.3. The fourth-order valence-corrected chi connectivity index (χ4v) is 3.04. The summed E-state index contributed by atoms with van der Waals surface area (Å²) in [5.41, 5.74) is 3.85. The smallest absolute Gasteiger partial charge is 0.348 e. The molecule has 0 fully saturated rings. The lowest BCUT2D eigenvalue weighted by molar-refractivity contribution is -0.141. The molecular formula is C18H19F3N4. The Hall–Kier alpha value is -2.57. The van der Waals surface area contributed by atoms with Gasteiger partial charge in [0.05, 0.1) is 6.33 Å². The summed E-state index contributed by atoms with van der Waals surface area (Å²) in [6, 6.07) is 7.11. The zero-order chi connectivity index (χ0) is 18.2. The molecule has 0 bridgehead atoms. The van der Waals surface area contributed by atoms with Crippen molar-refractivity contribution in [1.82, 2.24) is 19.7 Å². The highest BCUT2D eigenvalue weighted by Gasteiger charge is 2.35. The van der Waals surface area contributed by atoms with E-state index in [0.717, 1.165) is 28.5 Å². The number of hydrogen-bond donors (Lipinski definition) is 1. The molecule has 0 radical (unpaired) electrons. The largest absolute Gasteiger partial charge is 0.435 e. The van der Waals surface area contributed by atoms with Crippen LogP contribution in [0.3, 0.4) is 0 Å². The van der Waals surface area contributed by atoms with Gasteiger partial charge in [-0.2, -0.15) is 18.3 Å². The third-order valence-electron chi connectivity index (χ3n) is 4.60. The molecule has 1 N–H and O–H groups in total. The lowest BCUT2D eigenvalue weighted by Gasteiger charge is -2.19. The Morgan fingerprint density at radius 1 is 1.24 bits per heavy atom. The number of hydrogen-bond acceptors (Lipinski definition) is 2. The van der Waals surface area contributed by atoms with Crippen LogP contribution in [0.15, 0.2) is 36.8 Å². The standard InChI is InChI=1S/C18H19F3N4/c1-11-5-4-6-14(12(11)2)15(16-9-22-10-23-16)7-13-8-17(18(19,20)21)24-25(13)3/h4-6,8-10,15H,7H2,1-3H3,(H,22,23). The lowest BCUT2D eigenvalue weighted by atomic mass is 9.87. The molecule has 0 aliphatic carbocycles. The van der Waals surface area contributed by atoms with Crippen molar-refractivity contribution in [2.24, 2.45) is 7.05 Å². The van der Waals surface area contributed by atoms with Crippen LogP contribution < -0.4 is 0 Å². The lowest BCUT2D eigenvalue weighted by Crippen LogP contribution is -2.11. The molecule has 2 aromatic heterocycles. The highest BCUT2D eigenvalue weighted by molar-refractivity contribution is 5.40. The number of H-pyrrole nitrogens is 1. The zero-order valence-corrected chi connectivity index (χ0v) is 14.2. The Morgan fingerprint density at radius 3 is 2.60 bits per heavy atom. The van der Waals surface area contributed by atoms with E-state index in [-0.39, 0.29) is 5.92 Å². The SMILES string of the molecule is Cc1cccc(C(Cc2cc(C(F)(F)F)nn2C)c2cnc[nH]2)c1C. The van der Waals surface area contributed by atoms with Crippen molar-refractivity contribution < 1.29 is 13.2 Å². The molecule has 1 atom stereocenters. The molecule has 25 heavy (non-hydrogen) atoms. The zero-order valence-electron chi connectivity index (χ0n) is 14.2. The Labute approximate surface area is 143 Å². The van der Waals surface area contributed by atoms with Gasteiger partial charge in [-0.3, -0.25) is 4.68 Å². The van der Waals surface area contributed by atoms with Crippen molar-refractivity contribution in [3.05, 3.63) is 70.6 Å². The third kappa shape index (κ3) is 3.45. The summed E-state index contributed by atoms with van der Waals surface area (Å²) in [7, 11) is 1.54. The van der Waals surface area contributed by atoms with Crippen LogP contribution in [0.1, 0.15) is 39.7 Å². The summed E-state index contributed by atoms with van der Waals surface area (Å²) < 4.78 is 40.1. The molecule has 132 valence electrons. The van der Waals surface area contributed by atoms with Gasteiger partial charge in [-0.15, -0.1) is 0 Å². The molecular weight excluding hydrogens is 329 g/mol. The molecule has 0 aliphatic heterocycles. The van der Waals surface area contributed by atoms with Gasteiger partial charge < -0.3 is 4.98 Å².